The summed E-state index contributed by atoms with van der Waals surface area (Å²) >= 11 is 0. The number of hydrogen-bond donors (Lipinski definition) is 0. The van der Waals surface area contributed by atoms with Gasteiger partial charge < -0.3 is 4.42 Å². The van der Waals surface area contributed by atoms with Gasteiger partial charge in [-0.1, -0.05) is 163 Å². The smallest absolute Gasteiger partial charge is 0.143 e. The molecule has 0 unspecified atom stereocenters. The first kappa shape index (κ1) is 10.3. The summed E-state index contributed by atoms with van der Waals surface area (Å²) < 4.78 is 246. The molecule has 1 aromatic heterocycles. The van der Waals surface area contributed by atoms with E-state index in [1.165, 1.54) is 0 Å². The Labute approximate surface area is 299 Å². The molecule has 8 aromatic carbocycles. The van der Waals surface area contributed by atoms with Crippen LogP contribution in [0.15, 0.2) is 174 Å². The molecule has 0 aliphatic rings. The quantitative estimate of drug-likeness (QED) is 0.183. The lowest BCUT2D eigenvalue weighted by molar-refractivity contribution is 0.670. The third kappa shape index (κ3) is 4.09. The Morgan fingerprint density at radius 3 is 1.51 bits per heavy atom. The summed E-state index contributed by atoms with van der Waals surface area (Å²) in [4.78, 5) is 0. The van der Waals surface area contributed by atoms with Gasteiger partial charge >= 0.3 is 0 Å². The topological polar surface area (TPSA) is 13.1 Å². The molecule has 0 fully saturated rings. The molecule has 9 aromatic rings. The highest BCUT2D eigenvalue weighted by Gasteiger charge is 2.21. The Morgan fingerprint density at radius 2 is 0.867 bits per heavy atom. The van der Waals surface area contributed by atoms with Crippen LogP contribution in [0.2, 0.25) is 0 Å². The van der Waals surface area contributed by atoms with Gasteiger partial charge in [0.25, 0.3) is 0 Å². The van der Waals surface area contributed by atoms with Crippen LogP contribution < -0.4 is 0 Å². The molecule has 45 heavy (non-hydrogen) atoms. The molecule has 1 heteroatoms. The van der Waals surface area contributed by atoms with E-state index in [-0.39, 0.29) is 10.8 Å². The maximum Gasteiger partial charge on any atom is 0.143 e. The SMILES string of the molecule is [2H]c1cc2c(oc3c([2H])c([2H])c([2H])c(-c4c([2H])c([2H])c([2H])c([2H])c4[2H])c32)c(-c2c3c([2H])c([2H])c([2H])c([2H])c3c(-c3c([2H])c([2H])c(-c4c([2H])c([2H])c([2H])c([2H])c4[2H])c([2H])c3[2H])c3c([2H])c([2H])c([2H])c([2H])c23)c1[2H]. The minimum atomic E-state index is -1.05. The van der Waals surface area contributed by atoms with Gasteiger partial charge in [0.05, 0.1) is 37.0 Å². The summed E-state index contributed by atoms with van der Waals surface area (Å²) in [5.74, 6) is 0. The van der Waals surface area contributed by atoms with Crippen LogP contribution in [-0.2, 0) is 0 Å². The van der Waals surface area contributed by atoms with Crippen molar-refractivity contribution in [2.45, 2.75) is 0 Å². The van der Waals surface area contributed by atoms with Crippen molar-refractivity contribution in [1.82, 2.24) is 0 Å². The van der Waals surface area contributed by atoms with Gasteiger partial charge in [0.15, 0.2) is 0 Å². The van der Waals surface area contributed by atoms with E-state index in [0.717, 1.165) is 6.07 Å². The molecule has 0 saturated heterocycles. The van der Waals surface area contributed by atoms with Gasteiger partial charge in [-0.3, -0.25) is 0 Å². The maximum absolute atomic E-state index is 9.45. The average molecular weight is 600 g/mol. The van der Waals surface area contributed by atoms with Gasteiger partial charge in [-0.25, -0.2) is 0 Å². The van der Waals surface area contributed by atoms with Crippen molar-refractivity contribution in [3.8, 4) is 44.5 Å². The van der Waals surface area contributed by atoms with Gasteiger partial charge in [0.2, 0.25) is 0 Å². The van der Waals surface area contributed by atoms with Gasteiger partial charge in [0, 0.05) is 21.9 Å². The van der Waals surface area contributed by atoms with Gasteiger partial charge in [-0.15, -0.1) is 0 Å². The molecule has 0 N–H and O–H groups in total. The first-order valence-electron chi connectivity index (χ1n) is 26.7. The molecule has 1 heterocycles. The fourth-order valence-electron chi connectivity index (χ4n) is 5.35. The van der Waals surface area contributed by atoms with Gasteiger partial charge in [-0.2, -0.15) is 0 Å². The molecule has 0 aliphatic heterocycles. The third-order valence-electron chi connectivity index (χ3n) is 7.20. The van der Waals surface area contributed by atoms with E-state index < -0.39 is 240 Å². The molecular formula is C44H28O. The summed E-state index contributed by atoms with van der Waals surface area (Å²) in [5, 5.41) is -3.51. The predicted octanol–water partition coefficient (Wildman–Crippen LogP) is 12.6. The van der Waals surface area contributed by atoms with Crippen molar-refractivity contribution in [2.75, 3.05) is 0 Å². The van der Waals surface area contributed by atoms with E-state index >= 15 is 0 Å². The summed E-state index contributed by atoms with van der Waals surface area (Å²) in [5.41, 5.74) is -6.66. The van der Waals surface area contributed by atoms with Gasteiger partial charge in [0.1, 0.15) is 11.2 Å². The largest absolute Gasteiger partial charge is 0.455 e. The van der Waals surface area contributed by atoms with Crippen LogP contribution in [-0.4, -0.2) is 0 Å². The molecule has 0 spiro atoms. The molecule has 1 nitrogen and oxygen atoms in total. The highest BCUT2D eigenvalue weighted by Crippen LogP contribution is 2.47. The predicted molar refractivity (Wildman–Crippen MR) is 190 cm³/mol. The minimum Gasteiger partial charge on any atom is -0.455 e. The highest BCUT2D eigenvalue weighted by molar-refractivity contribution is 6.25. The zero-order chi connectivity index (χ0) is 53.2. The van der Waals surface area contributed by atoms with Crippen LogP contribution in [0.25, 0.3) is 88.0 Å². The van der Waals surface area contributed by atoms with E-state index in [9.17, 15) is 12.3 Å². The summed E-state index contributed by atoms with van der Waals surface area (Å²) in [7, 11) is 0. The first-order valence-corrected chi connectivity index (χ1v) is 13.2. The monoisotopic (exact) mass is 599 g/mol. The Morgan fingerprint density at radius 1 is 0.356 bits per heavy atom. The third-order valence-corrected chi connectivity index (χ3v) is 7.20. The molecule has 0 aliphatic carbocycles. The van der Waals surface area contributed by atoms with E-state index in [4.69, 9.17) is 29.1 Å². The van der Waals surface area contributed by atoms with E-state index in [0.29, 0.717) is 0 Å². The summed E-state index contributed by atoms with van der Waals surface area (Å²) in [6.07, 6.45) is 0. The van der Waals surface area contributed by atoms with Crippen LogP contribution in [0.5, 0.6) is 0 Å². The Balaban J connectivity index is 1.57. The van der Waals surface area contributed by atoms with Crippen molar-refractivity contribution in [1.29, 1.82) is 0 Å². The van der Waals surface area contributed by atoms with Crippen LogP contribution in [0.1, 0.15) is 37.0 Å². The lowest BCUT2D eigenvalue weighted by atomic mass is 9.85. The maximum atomic E-state index is 9.45. The average Bonchev–Trinajstić information content (AvgIpc) is 3.72. The van der Waals surface area contributed by atoms with Crippen molar-refractivity contribution in [2.24, 2.45) is 0 Å². The molecule has 0 atom stereocenters. The molecule has 0 saturated carbocycles. The second kappa shape index (κ2) is 10.4. The van der Waals surface area contributed by atoms with Crippen molar-refractivity contribution >= 4 is 43.5 Å². The molecule has 0 bridgehead atoms. The standard InChI is InChI=1S/C44H28O/c1-3-13-29(14-4-1)30-25-27-32(28-26-30)41-34-17-7-9-19-36(34)42(37-20-10-8-18-35(37)41)38-22-11-23-39-43-33(31-15-5-2-6-16-31)21-12-24-40(43)45-44(38)39/h1-28H/i1D,2D,3D,4D,5D,6D,7D,8D,9D,10D,11D,12D,13D,14D,15D,16D,17D,18D,19D,20D,21D,22D,24D,25D,26D,27D,28D. The summed E-state index contributed by atoms with van der Waals surface area (Å²) in [6.45, 7) is 0. The number of para-hydroxylation sites is 1. The fourth-order valence-corrected chi connectivity index (χ4v) is 5.35. The fraction of sp³-hybridized carbons (Fsp3) is 0. The van der Waals surface area contributed by atoms with E-state index in [1.54, 1.807) is 0 Å². The number of hydrogen-bond acceptors (Lipinski definition) is 1. The lowest BCUT2D eigenvalue weighted by Crippen LogP contribution is -1.91. The van der Waals surface area contributed by atoms with Crippen LogP contribution >= 0.6 is 0 Å². The lowest BCUT2D eigenvalue weighted by Gasteiger charge is -2.18. The van der Waals surface area contributed by atoms with Crippen LogP contribution in [0.4, 0.5) is 0 Å². The molecule has 0 radical (unpaired) electrons. The van der Waals surface area contributed by atoms with Crippen molar-refractivity contribution < 1.29 is 41.4 Å². The molecular weight excluding hydrogens is 544 g/mol. The highest BCUT2D eigenvalue weighted by atomic mass is 16.3. The minimum absolute atomic E-state index is 0.320. The molecule has 0 amide bonds. The Kier molecular flexibility index (Phi) is 2.38. The second-order valence-corrected chi connectivity index (χ2v) is 9.59. The normalized spacial score (nSPS) is 20.0. The number of fused-ring (bicyclic) bond motifs is 5. The number of benzene rings is 8. The van der Waals surface area contributed by atoms with E-state index in [1.807, 2.05) is 0 Å². The van der Waals surface area contributed by atoms with Gasteiger partial charge in [-0.05, 0) is 61.0 Å². The van der Waals surface area contributed by atoms with Crippen molar-refractivity contribution in [3.63, 3.8) is 0 Å². The second-order valence-electron chi connectivity index (χ2n) is 9.59. The van der Waals surface area contributed by atoms with Crippen LogP contribution in [0, 0.1) is 0 Å². The zero-order valence-electron chi connectivity index (χ0n) is 49.5. The Hall–Kier alpha value is -5.92. The molecule has 210 valence electrons. The van der Waals surface area contributed by atoms with Crippen molar-refractivity contribution in [3.05, 3.63) is 169 Å². The zero-order valence-corrected chi connectivity index (χ0v) is 22.5. The number of furan rings is 1. The van der Waals surface area contributed by atoms with E-state index in [2.05, 4.69) is 0 Å². The number of rotatable bonds is 4. The first-order chi connectivity index (χ1) is 33.6. The van der Waals surface area contributed by atoms with Crippen LogP contribution in [0.3, 0.4) is 0 Å². The molecule has 9 rings (SSSR count). The Bertz CT molecular complexity index is 3890. The summed E-state index contributed by atoms with van der Waals surface area (Å²) in [6, 6.07) is -23.5.